The molecule has 5 nitrogen and oxygen atoms in total. The van der Waals surface area contributed by atoms with Crippen LogP contribution in [0.2, 0.25) is 10.0 Å². The third-order valence-electron chi connectivity index (χ3n) is 3.10. The topological polar surface area (TPSA) is 74.6 Å². The van der Waals surface area contributed by atoms with Crippen LogP contribution < -0.4 is 4.74 Å². The van der Waals surface area contributed by atoms with Gasteiger partial charge in [-0.15, -0.1) is 5.10 Å². The van der Waals surface area contributed by atoms with Gasteiger partial charge in [0.15, 0.2) is 5.69 Å². The molecule has 1 heterocycles. The van der Waals surface area contributed by atoms with E-state index in [-0.39, 0.29) is 0 Å². The number of hydrogen-bond acceptors (Lipinski definition) is 4. The summed E-state index contributed by atoms with van der Waals surface area (Å²) in [4.78, 5) is 0. The number of hydrogen-bond donors (Lipinski definition) is 1. The van der Waals surface area contributed by atoms with E-state index in [9.17, 15) is 0 Å². The van der Waals surface area contributed by atoms with Crippen LogP contribution in [0, 0.1) is 11.3 Å². The third-order valence-corrected chi connectivity index (χ3v) is 3.54. The molecule has 0 saturated heterocycles. The molecule has 3 rings (SSSR count). The molecule has 0 bridgehead atoms. The Hall–Kier alpha value is -2.55. The van der Waals surface area contributed by atoms with Gasteiger partial charge in [0.1, 0.15) is 24.1 Å². The van der Waals surface area contributed by atoms with E-state index in [2.05, 4.69) is 15.4 Å². The number of ether oxygens (including phenoxy) is 1. The third kappa shape index (κ3) is 3.62. The maximum absolute atomic E-state index is 9.03. The fourth-order valence-electron chi connectivity index (χ4n) is 2.09. The van der Waals surface area contributed by atoms with Gasteiger partial charge in [0.05, 0.1) is 0 Å². The molecule has 0 saturated carbocycles. The monoisotopic (exact) mass is 344 g/mol. The first-order chi connectivity index (χ1) is 11.2. The van der Waals surface area contributed by atoms with Crippen molar-refractivity contribution in [2.75, 3.05) is 0 Å². The second-order valence-corrected chi connectivity index (χ2v) is 5.61. The van der Waals surface area contributed by atoms with Gasteiger partial charge in [0.2, 0.25) is 0 Å². The zero-order chi connectivity index (χ0) is 16.2. The van der Waals surface area contributed by atoms with E-state index in [1.54, 1.807) is 18.2 Å². The maximum atomic E-state index is 9.03. The van der Waals surface area contributed by atoms with Gasteiger partial charge < -0.3 is 4.74 Å². The summed E-state index contributed by atoms with van der Waals surface area (Å²) in [7, 11) is 0. The SMILES string of the molecule is N#Cc1[nH]nnc1-c1cccc(COc2cc(Cl)cc(Cl)c2)c1. The standard InChI is InChI=1S/C16H10Cl2N4O/c17-12-5-13(18)7-14(6-12)23-9-10-2-1-3-11(4-10)16-15(8-19)20-22-21-16/h1-7H,9H2,(H,20,21,22). The summed E-state index contributed by atoms with van der Waals surface area (Å²) in [5, 5.41) is 20.2. The number of aromatic nitrogens is 3. The number of H-pyrrole nitrogens is 1. The molecule has 7 heteroatoms. The number of nitriles is 1. The molecule has 0 spiro atoms. The van der Waals surface area contributed by atoms with E-state index in [1.165, 1.54) is 0 Å². The number of nitrogens with zero attached hydrogens (tertiary/aromatic N) is 3. The van der Waals surface area contributed by atoms with E-state index in [4.69, 9.17) is 33.2 Å². The minimum atomic E-state index is 0.324. The summed E-state index contributed by atoms with van der Waals surface area (Å²) in [5.74, 6) is 0.590. The molecule has 0 aliphatic rings. The summed E-state index contributed by atoms with van der Waals surface area (Å²) in [6.45, 7) is 0.338. The normalized spacial score (nSPS) is 10.3. The minimum Gasteiger partial charge on any atom is -0.489 e. The summed E-state index contributed by atoms with van der Waals surface area (Å²) < 4.78 is 5.70. The smallest absolute Gasteiger partial charge is 0.163 e. The van der Waals surface area contributed by atoms with Crippen molar-refractivity contribution < 1.29 is 4.74 Å². The van der Waals surface area contributed by atoms with Gasteiger partial charge in [-0.1, -0.05) is 46.6 Å². The molecule has 23 heavy (non-hydrogen) atoms. The molecule has 3 aromatic rings. The number of aromatic amines is 1. The molecular formula is C16H10Cl2N4O. The average Bonchev–Trinajstić information content (AvgIpc) is 3.01. The quantitative estimate of drug-likeness (QED) is 0.768. The van der Waals surface area contributed by atoms with Gasteiger partial charge in [0.25, 0.3) is 0 Å². The van der Waals surface area contributed by atoms with E-state index < -0.39 is 0 Å². The highest BCUT2D eigenvalue weighted by atomic mass is 35.5. The molecular weight excluding hydrogens is 335 g/mol. The van der Waals surface area contributed by atoms with Crippen LogP contribution in [-0.4, -0.2) is 15.4 Å². The van der Waals surface area contributed by atoms with Crippen molar-refractivity contribution in [2.45, 2.75) is 6.61 Å². The first-order valence-corrected chi connectivity index (χ1v) is 7.40. The number of nitrogens with one attached hydrogen (secondary N) is 1. The van der Waals surface area contributed by atoms with Crippen LogP contribution in [0.25, 0.3) is 11.3 Å². The van der Waals surface area contributed by atoms with Crippen LogP contribution in [0.4, 0.5) is 0 Å². The molecule has 0 fully saturated rings. The van der Waals surface area contributed by atoms with Gasteiger partial charge >= 0.3 is 0 Å². The van der Waals surface area contributed by atoms with Crippen molar-refractivity contribution in [3.8, 4) is 23.1 Å². The lowest BCUT2D eigenvalue weighted by molar-refractivity contribution is 0.306. The minimum absolute atomic E-state index is 0.324. The lowest BCUT2D eigenvalue weighted by Crippen LogP contribution is -1.96. The van der Waals surface area contributed by atoms with Crippen molar-refractivity contribution in [2.24, 2.45) is 0 Å². The Balaban J connectivity index is 1.79. The highest BCUT2D eigenvalue weighted by Crippen LogP contribution is 2.25. The first kappa shape index (κ1) is 15.3. The van der Waals surface area contributed by atoms with E-state index >= 15 is 0 Å². The molecule has 0 atom stereocenters. The number of halogens is 2. The Labute approximate surface area is 142 Å². The van der Waals surface area contributed by atoms with Crippen LogP contribution in [0.15, 0.2) is 42.5 Å². The van der Waals surface area contributed by atoms with E-state index in [1.807, 2.05) is 30.3 Å². The molecule has 0 unspecified atom stereocenters. The van der Waals surface area contributed by atoms with Gasteiger partial charge in [-0.05, 0) is 29.8 Å². The Morgan fingerprint density at radius 3 is 2.65 bits per heavy atom. The van der Waals surface area contributed by atoms with Crippen LogP contribution in [-0.2, 0) is 6.61 Å². The predicted octanol–water partition coefficient (Wildman–Crippen LogP) is 4.23. The lowest BCUT2D eigenvalue weighted by Gasteiger charge is -2.08. The highest BCUT2D eigenvalue weighted by Gasteiger charge is 2.10. The Morgan fingerprint density at radius 2 is 1.91 bits per heavy atom. The summed E-state index contributed by atoms with van der Waals surface area (Å²) in [5.41, 5.74) is 2.55. The van der Waals surface area contributed by atoms with Crippen LogP contribution in [0.3, 0.4) is 0 Å². The summed E-state index contributed by atoms with van der Waals surface area (Å²) in [6.07, 6.45) is 0. The average molecular weight is 345 g/mol. The van der Waals surface area contributed by atoms with Gasteiger partial charge in [-0.25, -0.2) is 5.10 Å². The fourth-order valence-corrected chi connectivity index (χ4v) is 2.60. The largest absolute Gasteiger partial charge is 0.489 e. The second kappa shape index (κ2) is 6.69. The highest BCUT2D eigenvalue weighted by molar-refractivity contribution is 6.34. The van der Waals surface area contributed by atoms with Crippen molar-refractivity contribution >= 4 is 23.2 Å². The molecule has 0 amide bonds. The second-order valence-electron chi connectivity index (χ2n) is 4.74. The molecule has 114 valence electrons. The van der Waals surface area contributed by atoms with E-state index in [0.29, 0.717) is 33.8 Å². The van der Waals surface area contributed by atoms with Crippen LogP contribution in [0.1, 0.15) is 11.3 Å². The Kier molecular flexibility index (Phi) is 4.47. The van der Waals surface area contributed by atoms with Crippen molar-refractivity contribution in [3.63, 3.8) is 0 Å². The molecule has 0 aliphatic carbocycles. The zero-order valence-corrected chi connectivity index (χ0v) is 13.3. The van der Waals surface area contributed by atoms with Gasteiger partial charge in [0, 0.05) is 15.6 Å². The number of rotatable bonds is 4. The molecule has 2 aromatic carbocycles. The summed E-state index contributed by atoms with van der Waals surface area (Å²) in [6, 6.07) is 14.6. The Morgan fingerprint density at radius 1 is 1.13 bits per heavy atom. The van der Waals surface area contributed by atoms with Crippen molar-refractivity contribution in [1.82, 2.24) is 15.4 Å². The Bertz CT molecular complexity index is 866. The predicted molar refractivity (Wildman–Crippen MR) is 87.3 cm³/mol. The maximum Gasteiger partial charge on any atom is 0.163 e. The van der Waals surface area contributed by atoms with Crippen LogP contribution in [0.5, 0.6) is 5.75 Å². The molecule has 1 N–H and O–H groups in total. The molecule has 0 aliphatic heterocycles. The molecule has 0 radical (unpaired) electrons. The fraction of sp³-hybridized carbons (Fsp3) is 0.0625. The van der Waals surface area contributed by atoms with Crippen LogP contribution >= 0.6 is 23.2 Å². The van der Waals surface area contributed by atoms with E-state index in [0.717, 1.165) is 11.1 Å². The molecule has 1 aromatic heterocycles. The van der Waals surface area contributed by atoms with Crippen molar-refractivity contribution in [1.29, 1.82) is 5.26 Å². The van der Waals surface area contributed by atoms with Gasteiger partial charge in [-0.2, -0.15) is 5.26 Å². The number of benzene rings is 2. The van der Waals surface area contributed by atoms with Gasteiger partial charge in [-0.3, -0.25) is 0 Å². The van der Waals surface area contributed by atoms with Crippen molar-refractivity contribution in [3.05, 3.63) is 63.8 Å². The lowest BCUT2D eigenvalue weighted by atomic mass is 10.1. The summed E-state index contributed by atoms with van der Waals surface area (Å²) >= 11 is 11.9. The first-order valence-electron chi connectivity index (χ1n) is 6.65. The zero-order valence-electron chi connectivity index (χ0n) is 11.8.